The van der Waals surface area contributed by atoms with Crippen LogP contribution in [0.4, 0.5) is 8.78 Å². The summed E-state index contributed by atoms with van der Waals surface area (Å²) in [6.07, 6.45) is -0.121. The summed E-state index contributed by atoms with van der Waals surface area (Å²) in [7, 11) is 0. The highest BCUT2D eigenvalue weighted by Gasteiger charge is 2.11. The molecule has 0 fully saturated rings. The highest BCUT2D eigenvalue weighted by Crippen LogP contribution is 2.10. The van der Waals surface area contributed by atoms with Gasteiger partial charge >= 0.3 is 5.97 Å². The number of carboxylic acid groups (broad SMARTS) is 1. The lowest BCUT2D eigenvalue weighted by Crippen LogP contribution is -2.24. The Balaban J connectivity index is 1.89. The molecule has 1 amide bonds. The van der Waals surface area contributed by atoms with Crippen LogP contribution in [0.1, 0.15) is 21.9 Å². The summed E-state index contributed by atoms with van der Waals surface area (Å²) < 4.78 is 30.7. The highest BCUT2D eigenvalue weighted by molar-refractivity contribution is 5.84. The average molecular weight is 295 g/mol. The molecule has 2 aromatic rings. The normalized spacial score (nSPS) is 10.4. The van der Waals surface area contributed by atoms with Crippen LogP contribution in [0.25, 0.3) is 0 Å². The fourth-order valence-electron chi connectivity index (χ4n) is 1.67. The summed E-state index contributed by atoms with van der Waals surface area (Å²) in [4.78, 5) is 22.2. The first-order valence-electron chi connectivity index (χ1n) is 5.98. The van der Waals surface area contributed by atoms with Crippen molar-refractivity contribution in [1.29, 1.82) is 0 Å². The van der Waals surface area contributed by atoms with Gasteiger partial charge in [0, 0.05) is 0 Å². The summed E-state index contributed by atoms with van der Waals surface area (Å²) >= 11 is 0. The van der Waals surface area contributed by atoms with E-state index in [1.54, 1.807) is 0 Å². The van der Waals surface area contributed by atoms with Crippen molar-refractivity contribution in [1.82, 2.24) is 5.32 Å². The van der Waals surface area contributed by atoms with Crippen LogP contribution in [0.5, 0.6) is 0 Å². The van der Waals surface area contributed by atoms with E-state index >= 15 is 0 Å². The van der Waals surface area contributed by atoms with E-state index in [9.17, 15) is 18.4 Å². The molecule has 1 aromatic heterocycles. The zero-order valence-electron chi connectivity index (χ0n) is 10.7. The van der Waals surface area contributed by atoms with Crippen molar-refractivity contribution in [2.24, 2.45) is 0 Å². The molecule has 2 N–H and O–H groups in total. The number of halogens is 2. The molecule has 2 rings (SSSR count). The van der Waals surface area contributed by atoms with Gasteiger partial charge in [0.25, 0.3) is 0 Å². The molecule has 0 aliphatic heterocycles. The molecule has 0 saturated heterocycles. The third kappa shape index (κ3) is 3.88. The van der Waals surface area contributed by atoms with Gasteiger partial charge in [-0.1, -0.05) is 6.07 Å². The maximum atomic E-state index is 13.0. The Morgan fingerprint density at radius 3 is 2.52 bits per heavy atom. The van der Waals surface area contributed by atoms with Crippen LogP contribution in [0.2, 0.25) is 0 Å². The second kappa shape index (κ2) is 6.17. The Labute approximate surface area is 118 Å². The summed E-state index contributed by atoms with van der Waals surface area (Å²) in [6, 6.07) is 5.92. The fourth-order valence-corrected chi connectivity index (χ4v) is 1.67. The van der Waals surface area contributed by atoms with Crippen LogP contribution >= 0.6 is 0 Å². The lowest BCUT2D eigenvalue weighted by Gasteiger charge is -2.04. The van der Waals surface area contributed by atoms with E-state index in [0.29, 0.717) is 5.56 Å². The Bertz CT molecular complexity index is 681. The van der Waals surface area contributed by atoms with Crippen LogP contribution in [0.15, 0.2) is 34.7 Å². The quantitative estimate of drug-likeness (QED) is 0.885. The van der Waals surface area contributed by atoms with Crippen molar-refractivity contribution in [2.45, 2.75) is 13.0 Å². The van der Waals surface area contributed by atoms with E-state index in [1.807, 2.05) is 0 Å². The van der Waals surface area contributed by atoms with Crippen molar-refractivity contribution >= 4 is 11.9 Å². The number of carbonyl (C=O) groups excluding carboxylic acids is 1. The molecule has 1 aromatic carbocycles. The predicted molar refractivity (Wildman–Crippen MR) is 67.6 cm³/mol. The lowest BCUT2D eigenvalue weighted by atomic mass is 10.1. The van der Waals surface area contributed by atoms with Crippen LogP contribution in [0.3, 0.4) is 0 Å². The molecule has 0 atom stereocenters. The number of aromatic carboxylic acids is 1. The zero-order valence-corrected chi connectivity index (χ0v) is 10.7. The number of nitrogens with one attached hydrogen (secondary N) is 1. The summed E-state index contributed by atoms with van der Waals surface area (Å²) in [6.45, 7) is 0.00971. The highest BCUT2D eigenvalue weighted by atomic mass is 19.2. The number of amides is 1. The van der Waals surface area contributed by atoms with Gasteiger partial charge in [0.2, 0.25) is 11.7 Å². The van der Waals surface area contributed by atoms with E-state index in [-0.39, 0.29) is 24.5 Å². The molecule has 0 spiro atoms. The lowest BCUT2D eigenvalue weighted by molar-refractivity contribution is -0.120. The van der Waals surface area contributed by atoms with Crippen LogP contribution in [-0.4, -0.2) is 17.0 Å². The third-order valence-electron chi connectivity index (χ3n) is 2.68. The Hall–Kier alpha value is -2.70. The van der Waals surface area contributed by atoms with Crippen molar-refractivity contribution < 1.29 is 27.9 Å². The monoisotopic (exact) mass is 295 g/mol. The molecular formula is C14H11F2NO4. The number of carbonyl (C=O) groups is 2. The van der Waals surface area contributed by atoms with Gasteiger partial charge in [-0.25, -0.2) is 13.6 Å². The molecule has 1 heterocycles. The minimum Gasteiger partial charge on any atom is -0.475 e. The van der Waals surface area contributed by atoms with Crippen LogP contribution in [-0.2, 0) is 17.8 Å². The smallest absolute Gasteiger partial charge is 0.371 e. The number of hydrogen-bond donors (Lipinski definition) is 2. The van der Waals surface area contributed by atoms with Crippen molar-refractivity contribution in [3.8, 4) is 0 Å². The largest absolute Gasteiger partial charge is 0.475 e. The molecule has 0 radical (unpaired) electrons. The predicted octanol–water partition coefficient (Wildman–Crippen LogP) is 2.11. The van der Waals surface area contributed by atoms with E-state index in [4.69, 9.17) is 9.52 Å². The van der Waals surface area contributed by atoms with Gasteiger partial charge in [-0.2, -0.15) is 0 Å². The Kier molecular flexibility index (Phi) is 4.32. The van der Waals surface area contributed by atoms with E-state index in [0.717, 1.165) is 12.1 Å². The number of carboxylic acids is 1. The third-order valence-corrected chi connectivity index (χ3v) is 2.68. The van der Waals surface area contributed by atoms with Gasteiger partial charge in [-0.05, 0) is 29.8 Å². The van der Waals surface area contributed by atoms with Gasteiger partial charge < -0.3 is 14.8 Å². The molecule has 21 heavy (non-hydrogen) atoms. The standard InChI is InChI=1S/C14H11F2NO4/c15-10-3-1-8(5-11(10)16)6-13(18)17-7-9-2-4-12(21-9)14(19)20/h1-5H,6-7H2,(H,17,18)(H,19,20). The molecule has 0 aliphatic carbocycles. The first-order chi connectivity index (χ1) is 9.95. The zero-order chi connectivity index (χ0) is 15.4. The topological polar surface area (TPSA) is 79.5 Å². The first kappa shape index (κ1) is 14.7. The molecule has 0 unspecified atom stereocenters. The van der Waals surface area contributed by atoms with Crippen molar-refractivity contribution in [2.75, 3.05) is 0 Å². The van der Waals surface area contributed by atoms with Gasteiger partial charge in [-0.3, -0.25) is 4.79 Å². The van der Waals surface area contributed by atoms with Crippen LogP contribution < -0.4 is 5.32 Å². The van der Waals surface area contributed by atoms with Crippen molar-refractivity contribution in [3.63, 3.8) is 0 Å². The summed E-state index contributed by atoms with van der Waals surface area (Å²) in [5.41, 5.74) is 0.331. The second-order valence-corrected chi connectivity index (χ2v) is 4.27. The van der Waals surface area contributed by atoms with E-state index in [1.165, 1.54) is 18.2 Å². The number of hydrogen-bond acceptors (Lipinski definition) is 3. The summed E-state index contributed by atoms with van der Waals surface area (Å²) in [5.74, 6) is -3.55. The van der Waals surface area contributed by atoms with Gasteiger partial charge in [0.15, 0.2) is 11.6 Å². The number of rotatable bonds is 5. The fraction of sp³-hybridized carbons (Fsp3) is 0.143. The maximum Gasteiger partial charge on any atom is 0.371 e. The van der Waals surface area contributed by atoms with Gasteiger partial charge in [0.1, 0.15) is 5.76 Å². The van der Waals surface area contributed by atoms with Crippen LogP contribution in [0, 0.1) is 11.6 Å². The minimum absolute atomic E-state index is 0.00971. The van der Waals surface area contributed by atoms with Gasteiger partial charge in [0.05, 0.1) is 13.0 Å². The molecule has 110 valence electrons. The molecule has 0 saturated carbocycles. The Morgan fingerprint density at radius 1 is 1.14 bits per heavy atom. The second-order valence-electron chi connectivity index (χ2n) is 4.27. The first-order valence-corrected chi connectivity index (χ1v) is 5.98. The average Bonchev–Trinajstić information content (AvgIpc) is 2.90. The SMILES string of the molecule is O=C(Cc1ccc(F)c(F)c1)NCc1ccc(C(=O)O)o1. The number of benzene rings is 1. The van der Waals surface area contributed by atoms with Gasteiger partial charge in [-0.15, -0.1) is 0 Å². The maximum absolute atomic E-state index is 13.0. The molecule has 0 aliphatic rings. The molecular weight excluding hydrogens is 284 g/mol. The van der Waals surface area contributed by atoms with E-state index < -0.39 is 23.5 Å². The molecule has 5 nitrogen and oxygen atoms in total. The molecule has 7 heteroatoms. The number of furan rings is 1. The minimum atomic E-state index is -1.20. The van der Waals surface area contributed by atoms with Crippen molar-refractivity contribution in [3.05, 3.63) is 59.1 Å². The summed E-state index contributed by atoms with van der Waals surface area (Å²) in [5, 5.41) is 11.2. The Morgan fingerprint density at radius 2 is 1.90 bits per heavy atom. The molecule has 0 bridgehead atoms. The van der Waals surface area contributed by atoms with E-state index in [2.05, 4.69) is 5.32 Å².